The Kier molecular flexibility index (Phi) is 5.17. The highest BCUT2D eigenvalue weighted by Gasteiger charge is 2.23. The van der Waals surface area contributed by atoms with Crippen LogP contribution in [0.4, 0.5) is 5.69 Å². The van der Waals surface area contributed by atoms with Gasteiger partial charge >= 0.3 is 0 Å². The Morgan fingerprint density at radius 3 is 2.37 bits per heavy atom. The summed E-state index contributed by atoms with van der Waals surface area (Å²) in [5.74, 6) is -0.0422. The molecule has 3 rings (SSSR count). The molecule has 0 aromatic heterocycles. The van der Waals surface area contributed by atoms with Crippen LogP contribution in [0, 0.1) is 10.1 Å². The molecular weight excluding hydrogens is 346 g/mol. The second-order valence-electron chi connectivity index (χ2n) is 5.75. The molecule has 136 valence electrons. The lowest BCUT2D eigenvalue weighted by molar-refractivity contribution is -0.385. The van der Waals surface area contributed by atoms with Crippen LogP contribution < -0.4 is 9.47 Å². The minimum Gasteiger partial charge on any atom is -0.493 e. The van der Waals surface area contributed by atoms with Gasteiger partial charge in [0.1, 0.15) is 5.56 Å². The number of hydrogen-bond donors (Lipinski definition) is 0. The van der Waals surface area contributed by atoms with Crippen molar-refractivity contribution in [3.63, 3.8) is 0 Å². The molecule has 0 spiro atoms. The van der Waals surface area contributed by atoms with Gasteiger partial charge in [-0.1, -0.05) is 48.5 Å². The first-order valence-electron chi connectivity index (χ1n) is 8.15. The van der Waals surface area contributed by atoms with Crippen LogP contribution >= 0.6 is 0 Å². The van der Waals surface area contributed by atoms with Crippen molar-refractivity contribution < 1.29 is 19.2 Å². The van der Waals surface area contributed by atoms with E-state index in [2.05, 4.69) is 0 Å². The van der Waals surface area contributed by atoms with Gasteiger partial charge in [-0.3, -0.25) is 14.9 Å². The highest BCUT2D eigenvalue weighted by atomic mass is 16.6. The fourth-order valence-corrected chi connectivity index (χ4v) is 2.87. The molecule has 0 aliphatic rings. The molecule has 0 saturated heterocycles. The van der Waals surface area contributed by atoms with Crippen molar-refractivity contribution in [2.75, 3.05) is 14.2 Å². The van der Waals surface area contributed by atoms with Crippen LogP contribution in [0.1, 0.15) is 15.9 Å². The number of nitrogens with zero attached hydrogens (tertiary/aromatic N) is 1. The van der Waals surface area contributed by atoms with E-state index in [1.807, 2.05) is 42.5 Å². The van der Waals surface area contributed by atoms with Crippen molar-refractivity contribution in [2.45, 2.75) is 0 Å². The molecule has 0 aliphatic carbocycles. The number of ketones is 1. The first kappa shape index (κ1) is 18.1. The summed E-state index contributed by atoms with van der Waals surface area (Å²) in [6, 6.07) is 16.1. The predicted molar refractivity (Wildman–Crippen MR) is 104 cm³/mol. The van der Waals surface area contributed by atoms with E-state index in [0.717, 1.165) is 16.3 Å². The third kappa shape index (κ3) is 3.64. The predicted octanol–water partition coefficient (Wildman–Crippen LogP) is 4.66. The van der Waals surface area contributed by atoms with Crippen LogP contribution in [0.2, 0.25) is 0 Å². The summed E-state index contributed by atoms with van der Waals surface area (Å²) in [5, 5.41) is 13.4. The lowest BCUT2D eigenvalue weighted by Gasteiger charge is -2.09. The summed E-state index contributed by atoms with van der Waals surface area (Å²) in [5.41, 5.74) is 0.457. The lowest BCUT2D eigenvalue weighted by Crippen LogP contribution is -2.03. The molecule has 0 amide bonds. The second kappa shape index (κ2) is 7.70. The molecule has 0 atom stereocenters. The summed E-state index contributed by atoms with van der Waals surface area (Å²) in [6.07, 6.45) is 2.99. The van der Waals surface area contributed by atoms with E-state index in [-0.39, 0.29) is 22.7 Å². The molecule has 0 radical (unpaired) electrons. The van der Waals surface area contributed by atoms with Gasteiger partial charge in [0.05, 0.1) is 25.2 Å². The van der Waals surface area contributed by atoms with E-state index in [9.17, 15) is 14.9 Å². The lowest BCUT2D eigenvalue weighted by atomic mass is 10.0. The number of ether oxygens (including phenoxy) is 2. The number of fused-ring (bicyclic) bond motifs is 1. The highest BCUT2D eigenvalue weighted by Crippen LogP contribution is 2.35. The minimum atomic E-state index is -0.610. The molecule has 6 heteroatoms. The van der Waals surface area contributed by atoms with Crippen molar-refractivity contribution in [1.29, 1.82) is 0 Å². The fraction of sp³-hybridized carbons (Fsp3) is 0.0952. The molecule has 3 aromatic carbocycles. The van der Waals surface area contributed by atoms with Gasteiger partial charge in [-0.2, -0.15) is 0 Å². The summed E-state index contributed by atoms with van der Waals surface area (Å²) in [6.45, 7) is 0. The SMILES string of the molecule is COc1cc(C(=O)C=Cc2cccc3ccccc23)c([N+](=O)[O-])cc1OC. The van der Waals surface area contributed by atoms with Crippen molar-refractivity contribution in [3.05, 3.63) is 81.9 Å². The molecule has 3 aromatic rings. The second-order valence-corrected chi connectivity index (χ2v) is 5.75. The van der Waals surface area contributed by atoms with E-state index in [1.54, 1.807) is 6.08 Å². The van der Waals surface area contributed by atoms with E-state index >= 15 is 0 Å². The monoisotopic (exact) mass is 363 g/mol. The van der Waals surface area contributed by atoms with Crippen molar-refractivity contribution >= 4 is 28.3 Å². The number of methoxy groups -OCH3 is 2. The first-order chi connectivity index (χ1) is 13.0. The first-order valence-corrected chi connectivity index (χ1v) is 8.15. The van der Waals surface area contributed by atoms with E-state index in [4.69, 9.17) is 9.47 Å². The topological polar surface area (TPSA) is 78.7 Å². The van der Waals surface area contributed by atoms with Crippen LogP contribution in [0.3, 0.4) is 0 Å². The van der Waals surface area contributed by atoms with Crippen molar-refractivity contribution in [2.24, 2.45) is 0 Å². The summed E-state index contributed by atoms with van der Waals surface area (Å²) in [7, 11) is 2.79. The van der Waals surface area contributed by atoms with Gasteiger partial charge in [-0.05, 0) is 22.4 Å². The molecule has 0 saturated carbocycles. The number of carbonyl (C=O) groups excluding carboxylic acids is 1. The maximum Gasteiger partial charge on any atom is 0.284 e. The van der Waals surface area contributed by atoms with Gasteiger partial charge in [0.2, 0.25) is 0 Å². The van der Waals surface area contributed by atoms with Gasteiger partial charge in [0.25, 0.3) is 5.69 Å². The van der Waals surface area contributed by atoms with E-state index in [1.165, 1.54) is 32.4 Å². The highest BCUT2D eigenvalue weighted by molar-refractivity contribution is 6.10. The Labute approximate surface area is 155 Å². The van der Waals surface area contributed by atoms with Crippen LogP contribution in [-0.4, -0.2) is 24.9 Å². The maximum absolute atomic E-state index is 12.7. The third-order valence-corrected chi connectivity index (χ3v) is 4.20. The van der Waals surface area contributed by atoms with Gasteiger partial charge in [-0.15, -0.1) is 0 Å². The Hall–Kier alpha value is -3.67. The van der Waals surface area contributed by atoms with Crippen molar-refractivity contribution in [1.82, 2.24) is 0 Å². The van der Waals surface area contributed by atoms with Gasteiger partial charge in [-0.25, -0.2) is 0 Å². The summed E-state index contributed by atoms with van der Waals surface area (Å²) in [4.78, 5) is 23.4. The zero-order valence-corrected chi connectivity index (χ0v) is 14.8. The summed E-state index contributed by atoms with van der Waals surface area (Å²) < 4.78 is 10.2. The maximum atomic E-state index is 12.7. The molecule has 0 fully saturated rings. The Morgan fingerprint density at radius 1 is 1.00 bits per heavy atom. The van der Waals surface area contributed by atoms with Crippen LogP contribution in [0.25, 0.3) is 16.8 Å². The number of hydrogen-bond acceptors (Lipinski definition) is 5. The molecule has 0 aliphatic heterocycles. The Morgan fingerprint density at radius 2 is 1.67 bits per heavy atom. The van der Waals surface area contributed by atoms with Crippen LogP contribution in [0.5, 0.6) is 11.5 Å². The molecule has 0 bridgehead atoms. The van der Waals surface area contributed by atoms with Crippen LogP contribution in [-0.2, 0) is 0 Å². The number of nitro benzene ring substituents is 1. The standard InChI is InChI=1S/C21H17NO5/c1-26-20-12-17(18(22(24)25)13-21(20)27-2)19(23)11-10-15-8-5-7-14-6-3-4-9-16(14)15/h3-13H,1-2H3. The Balaban J connectivity index is 2.02. The van der Waals surface area contributed by atoms with Gasteiger partial charge in [0.15, 0.2) is 17.3 Å². The minimum absolute atomic E-state index is 0.0610. The number of carbonyl (C=O) groups is 1. The smallest absolute Gasteiger partial charge is 0.284 e. The van der Waals surface area contributed by atoms with Gasteiger partial charge in [0, 0.05) is 6.07 Å². The molecular formula is C21H17NO5. The van der Waals surface area contributed by atoms with Gasteiger partial charge < -0.3 is 9.47 Å². The average molecular weight is 363 g/mol. The molecule has 0 heterocycles. The Bertz CT molecular complexity index is 1050. The number of allylic oxidation sites excluding steroid dienone is 1. The van der Waals surface area contributed by atoms with E-state index < -0.39 is 10.7 Å². The molecule has 0 N–H and O–H groups in total. The molecule has 6 nitrogen and oxygen atoms in total. The zero-order chi connectivity index (χ0) is 19.4. The van der Waals surface area contributed by atoms with Crippen molar-refractivity contribution in [3.8, 4) is 11.5 Å². The van der Waals surface area contributed by atoms with E-state index in [0.29, 0.717) is 0 Å². The fourth-order valence-electron chi connectivity index (χ4n) is 2.87. The van der Waals surface area contributed by atoms with Crippen LogP contribution in [0.15, 0.2) is 60.7 Å². The third-order valence-electron chi connectivity index (χ3n) is 4.20. The largest absolute Gasteiger partial charge is 0.493 e. The normalized spacial score (nSPS) is 10.9. The molecule has 0 unspecified atom stereocenters. The number of benzene rings is 3. The number of rotatable bonds is 6. The average Bonchev–Trinajstić information content (AvgIpc) is 2.70. The molecule has 27 heavy (non-hydrogen) atoms. The zero-order valence-electron chi connectivity index (χ0n) is 14.8. The summed E-state index contributed by atoms with van der Waals surface area (Å²) >= 11 is 0. The number of nitro groups is 1. The quantitative estimate of drug-likeness (QED) is 0.275.